The minimum Gasteiger partial charge on any atom is -0.544 e. The van der Waals surface area contributed by atoms with Gasteiger partial charge in [-0.15, -0.1) is 0 Å². The summed E-state index contributed by atoms with van der Waals surface area (Å²) in [5.74, 6) is -0.395. The predicted molar refractivity (Wildman–Crippen MR) is 67.4 cm³/mol. The van der Waals surface area contributed by atoms with Gasteiger partial charge in [0.15, 0.2) is 0 Å². The van der Waals surface area contributed by atoms with Gasteiger partial charge in [0.2, 0.25) is 0 Å². The number of aliphatic carboxylic acids is 2. The first-order valence-corrected chi connectivity index (χ1v) is 8.26. The maximum Gasteiger partial charge on any atom is 0.123 e. The highest BCUT2D eigenvalue weighted by atomic mass is 33.1. The topological polar surface area (TPSA) is 113 Å². The van der Waals surface area contributed by atoms with Gasteiger partial charge in [-0.1, -0.05) is 21.6 Å². The van der Waals surface area contributed by atoms with E-state index in [-0.39, 0.29) is 0 Å². The van der Waals surface area contributed by atoms with Gasteiger partial charge in [-0.25, -0.2) is 0 Å². The zero-order valence-corrected chi connectivity index (χ0v) is 12.2. The monoisotopic (exact) mass is 296 g/mol. The molecular formula is C10H20N2O4S2. The average molecular weight is 296 g/mol. The van der Waals surface area contributed by atoms with E-state index in [0.717, 1.165) is 24.6 Å². The molecule has 0 aliphatic heterocycles. The molecule has 0 aliphatic carbocycles. The van der Waals surface area contributed by atoms with E-state index in [2.05, 4.69) is 0 Å². The van der Waals surface area contributed by atoms with Crippen molar-refractivity contribution < 1.29 is 30.4 Å². The van der Waals surface area contributed by atoms with Gasteiger partial charge in [-0.2, -0.15) is 0 Å². The van der Waals surface area contributed by atoms with Gasteiger partial charge in [0.1, 0.15) is 12.1 Å². The maximum atomic E-state index is 10.4. The number of rotatable bonds is 11. The highest BCUT2D eigenvalue weighted by Crippen LogP contribution is 2.18. The average Bonchev–Trinajstić information content (AvgIpc) is 2.31. The molecule has 0 radical (unpaired) electrons. The molecule has 0 aromatic carbocycles. The Bertz CT molecular complexity index is 240. The number of nitrogens with two attached hydrogens (primary N) is 2. The van der Waals surface area contributed by atoms with Crippen LogP contribution in [0.2, 0.25) is 0 Å². The molecule has 18 heavy (non-hydrogen) atoms. The van der Waals surface area contributed by atoms with Crippen LogP contribution >= 0.6 is 21.6 Å². The number of carbonyl (C=O) groups is 2. The van der Waals surface area contributed by atoms with Crippen molar-refractivity contribution in [3.63, 3.8) is 0 Å². The summed E-state index contributed by atoms with van der Waals surface area (Å²) in [5, 5.41) is 24.3. The molecule has 0 amide bonds. The van der Waals surface area contributed by atoms with Gasteiger partial charge in [0, 0.05) is 0 Å². The SMILES string of the molecule is CC([NH2+]CCSSCC[NH2+]C(C)C(=O)[O-])C(=O)[O-]. The van der Waals surface area contributed by atoms with Crippen molar-refractivity contribution >= 4 is 33.5 Å². The summed E-state index contributed by atoms with van der Waals surface area (Å²) in [4.78, 5) is 20.8. The van der Waals surface area contributed by atoms with Crippen molar-refractivity contribution in [2.24, 2.45) is 0 Å². The van der Waals surface area contributed by atoms with E-state index >= 15 is 0 Å². The van der Waals surface area contributed by atoms with Crippen LogP contribution in [0.1, 0.15) is 13.8 Å². The van der Waals surface area contributed by atoms with Crippen molar-refractivity contribution in [2.75, 3.05) is 24.6 Å². The zero-order valence-electron chi connectivity index (χ0n) is 10.6. The smallest absolute Gasteiger partial charge is 0.123 e. The molecular weight excluding hydrogens is 276 g/mol. The fourth-order valence-electron chi connectivity index (χ4n) is 1.04. The lowest BCUT2D eigenvalue weighted by Gasteiger charge is -2.11. The summed E-state index contributed by atoms with van der Waals surface area (Å²) < 4.78 is 0. The van der Waals surface area contributed by atoms with E-state index in [4.69, 9.17) is 0 Å². The second-order valence-corrected chi connectivity index (χ2v) is 6.61. The van der Waals surface area contributed by atoms with Gasteiger partial charge in [0.05, 0.1) is 36.5 Å². The summed E-state index contributed by atoms with van der Waals surface area (Å²) in [6.45, 7) is 4.66. The molecule has 0 aromatic heterocycles. The van der Waals surface area contributed by atoms with Crippen LogP contribution in [0.5, 0.6) is 0 Å². The Labute approximate surface area is 115 Å². The number of quaternary nitrogens is 2. The van der Waals surface area contributed by atoms with E-state index in [9.17, 15) is 19.8 Å². The highest BCUT2D eigenvalue weighted by Gasteiger charge is 2.06. The lowest BCUT2D eigenvalue weighted by molar-refractivity contribution is -0.676. The zero-order chi connectivity index (χ0) is 14.0. The van der Waals surface area contributed by atoms with Crippen LogP contribution in [-0.2, 0) is 9.59 Å². The molecule has 8 heteroatoms. The summed E-state index contributed by atoms with van der Waals surface area (Å²) in [6.07, 6.45) is 0. The number of carboxylic acid groups (broad SMARTS) is 2. The van der Waals surface area contributed by atoms with Crippen LogP contribution in [0.15, 0.2) is 0 Å². The fourth-order valence-corrected chi connectivity index (χ4v) is 3.03. The van der Waals surface area contributed by atoms with E-state index in [0.29, 0.717) is 0 Å². The Balaban J connectivity index is 3.26. The molecule has 106 valence electrons. The highest BCUT2D eigenvalue weighted by molar-refractivity contribution is 8.76. The normalized spacial score (nSPS) is 14.1. The summed E-state index contributed by atoms with van der Waals surface area (Å²) >= 11 is 0. The molecule has 2 atom stereocenters. The van der Waals surface area contributed by atoms with Crippen LogP contribution in [0.3, 0.4) is 0 Å². The molecule has 0 saturated carbocycles. The Morgan fingerprint density at radius 1 is 0.944 bits per heavy atom. The lowest BCUT2D eigenvalue weighted by Crippen LogP contribution is -2.93. The quantitative estimate of drug-likeness (QED) is 0.295. The molecule has 0 rings (SSSR count). The van der Waals surface area contributed by atoms with Crippen LogP contribution in [0.4, 0.5) is 0 Å². The van der Waals surface area contributed by atoms with Crippen LogP contribution in [-0.4, -0.2) is 48.6 Å². The minimum atomic E-state index is -1.04. The molecule has 0 spiro atoms. The Hall–Kier alpha value is -0.440. The summed E-state index contributed by atoms with van der Waals surface area (Å²) in [7, 11) is 3.31. The standard InChI is InChI=1S/C10H20N2O4S2/c1-7(9(13)14)11-3-5-17-18-6-4-12-8(2)10(15)16/h7-8,11-12H,3-6H2,1-2H3,(H,13,14)(H,15,16). The Morgan fingerprint density at radius 3 is 1.56 bits per heavy atom. The molecule has 0 aliphatic rings. The van der Waals surface area contributed by atoms with Gasteiger partial charge < -0.3 is 30.4 Å². The summed E-state index contributed by atoms with van der Waals surface area (Å²) in [6, 6.07) is -1.01. The van der Waals surface area contributed by atoms with E-state index < -0.39 is 24.0 Å². The number of hydrogen-bond donors (Lipinski definition) is 2. The number of carboxylic acids is 2. The second-order valence-electron chi connectivity index (χ2n) is 3.91. The van der Waals surface area contributed by atoms with E-state index in [1.54, 1.807) is 46.1 Å². The van der Waals surface area contributed by atoms with Gasteiger partial charge in [0.25, 0.3) is 0 Å². The van der Waals surface area contributed by atoms with Crippen molar-refractivity contribution in [2.45, 2.75) is 25.9 Å². The Morgan fingerprint density at radius 2 is 1.28 bits per heavy atom. The molecule has 0 fully saturated rings. The van der Waals surface area contributed by atoms with Crippen molar-refractivity contribution in [1.29, 1.82) is 0 Å². The van der Waals surface area contributed by atoms with Crippen LogP contribution < -0.4 is 20.8 Å². The molecule has 0 heterocycles. The fraction of sp³-hybridized carbons (Fsp3) is 0.800. The third kappa shape index (κ3) is 9.58. The first kappa shape index (κ1) is 17.6. The van der Waals surface area contributed by atoms with Gasteiger partial charge in [-0.3, -0.25) is 0 Å². The van der Waals surface area contributed by atoms with E-state index in [1.807, 2.05) is 0 Å². The van der Waals surface area contributed by atoms with Gasteiger partial charge in [-0.05, 0) is 13.8 Å². The molecule has 0 bridgehead atoms. The minimum absolute atomic E-state index is 0.507. The predicted octanol–water partition coefficient (Wildman–Crippen LogP) is -4.23. The molecule has 6 nitrogen and oxygen atoms in total. The van der Waals surface area contributed by atoms with Crippen molar-refractivity contribution in [3.05, 3.63) is 0 Å². The van der Waals surface area contributed by atoms with Crippen LogP contribution in [0.25, 0.3) is 0 Å². The molecule has 0 saturated heterocycles. The van der Waals surface area contributed by atoms with Gasteiger partial charge >= 0.3 is 0 Å². The number of carbonyl (C=O) groups excluding carboxylic acids is 2. The molecule has 2 unspecified atom stereocenters. The van der Waals surface area contributed by atoms with Crippen LogP contribution in [0, 0.1) is 0 Å². The molecule has 0 aromatic rings. The van der Waals surface area contributed by atoms with Crippen molar-refractivity contribution in [3.8, 4) is 0 Å². The third-order valence-corrected chi connectivity index (χ3v) is 4.74. The van der Waals surface area contributed by atoms with E-state index in [1.165, 1.54) is 0 Å². The second kappa shape index (κ2) is 10.5. The number of hydrogen-bond acceptors (Lipinski definition) is 6. The largest absolute Gasteiger partial charge is 0.544 e. The van der Waals surface area contributed by atoms with Crippen molar-refractivity contribution in [1.82, 2.24) is 0 Å². The maximum absolute atomic E-state index is 10.4. The first-order chi connectivity index (χ1) is 8.45. The lowest BCUT2D eigenvalue weighted by atomic mass is 10.3. The molecule has 4 N–H and O–H groups in total. The first-order valence-electron chi connectivity index (χ1n) is 5.78. The Kier molecular flexibility index (Phi) is 10.2. The summed E-state index contributed by atoms with van der Waals surface area (Å²) in [5.41, 5.74) is 0. The third-order valence-electron chi connectivity index (χ3n) is 2.27.